The SMILES string of the molecule is CCCCCC(=O)N1CCc2[nH]nc(C(=O)NCCc3ccc(OC)cc3)c2C1. The van der Waals surface area contributed by atoms with Crippen LogP contribution in [0, 0.1) is 0 Å². The summed E-state index contributed by atoms with van der Waals surface area (Å²) in [6, 6.07) is 7.80. The Hall–Kier alpha value is -2.83. The molecule has 2 amide bonds. The number of ether oxygens (including phenoxy) is 1. The van der Waals surface area contributed by atoms with E-state index < -0.39 is 0 Å². The first kappa shape index (κ1) is 20.9. The molecule has 0 aliphatic carbocycles. The highest BCUT2D eigenvalue weighted by Gasteiger charge is 2.27. The third-order valence-corrected chi connectivity index (χ3v) is 5.35. The lowest BCUT2D eigenvalue weighted by molar-refractivity contribution is -0.132. The number of carbonyl (C=O) groups excluding carboxylic acids is 2. The van der Waals surface area contributed by atoms with E-state index in [1.165, 1.54) is 0 Å². The number of aromatic amines is 1. The standard InChI is InChI=1S/C22H30N4O3/c1-3-4-5-6-20(27)26-14-12-19-18(15-26)21(25-24-19)22(28)23-13-11-16-7-9-17(29-2)10-8-16/h7-10H,3-6,11-15H2,1-2H3,(H,23,28)(H,24,25). The first-order valence-electron chi connectivity index (χ1n) is 10.4. The number of fused-ring (bicyclic) bond motifs is 1. The summed E-state index contributed by atoms with van der Waals surface area (Å²) in [6.45, 7) is 3.78. The molecule has 0 atom stereocenters. The van der Waals surface area contributed by atoms with E-state index in [2.05, 4.69) is 22.4 Å². The summed E-state index contributed by atoms with van der Waals surface area (Å²) in [5, 5.41) is 10.1. The molecule has 0 unspecified atom stereocenters. The van der Waals surface area contributed by atoms with Gasteiger partial charge in [-0.1, -0.05) is 31.9 Å². The van der Waals surface area contributed by atoms with E-state index >= 15 is 0 Å². The van der Waals surface area contributed by atoms with Gasteiger partial charge >= 0.3 is 0 Å². The zero-order valence-electron chi connectivity index (χ0n) is 17.3. The number of unbranched alkanes of at least 4 members (excludes halogenated alkanes) is 2. The van der Waals surface area contributed by atoms with Crippen molar-refractivity contribution in [2.45, 2.75) is 52.0 Å². The highest BCUT2D eigenvalue weighted by Crippen LogP contribution is 2.21. The number of aromatic nitrogens is 2. The van der Waals surface area contributed by atoms with Crippen LogP contribution in [0.2, 0.25) is 0 Å². The maximum atomic E-state index is 12.6. The average molecular weight is 399 g/mol. The quantitative estimate of drug-likeness (QED) is 0.636. The van der Waals surface area contributed by atoms with Crippen molar-refractivity contribution in [1.29, 1.82) is 0 Å². The lowest BCUT2D eigenvalue weighted by atomic mass is 10.0. The number of hydrogen-bond acceptors (Lipinski definition) is 4. The summed E-state index contributed by atoms with van der Waals surface area (Å²) >= 11 is 0. The van der Waals surface area contributed by atoms with Crippen LogP contribution in [0.5, 0.6) is 5.75 Å². The zero-order valence-corrected chi connectivity index (χ0v) is 17.3. The number of amides is 2. The molecule has 0 fully saturated rings. The molecule has 1 aliphatic heterocycles. The van der Waals surface area contributed by atoms with Crippen molar-refractivity contribution in [3.8, 4) is 5.75 Å². The molecule has 1 aromatic carbocycles. The van der Waals surface area contributed by atoms with E-state index in [4.69, 9.17) is 4.74 Å². The monoisotopic (exact) mass is 398 g/mol. The van der Waals surface area contributed by atoms with E-state index in [0.717, 1.165) is 48.3 Å². The largest absolute Gasteiger partial charge is 0.497 e. The van der Waals surface area contributed by atoms with Gasteiger partial charge in [-0.3, -0.25) is 14.7 Å². The Balaban J connectivity index is 1.54. The van der Waals surface area contributed by atoms with Crippen LogP contribution in [0.4, 0.5) is 0 Å². The third-order valence-electron chi connectivity index (χ3n) is 5.35. The molecule has 7 heteroatoms. The van der Waals surface area contributed by atoms with Crippen LogP contribution < -0.4 is 10.1 Å². The van der Waals surface area contributed by atoms with Crippen LogP contribution in [0.15, 0.2) is 24.3 Å². The number of nitrogens with one attached hydrogen (secondary N) is 2. The van der Waals surface area contributed by atoms with E-state index in [9.17, 15) is 9.59 Å². The fourth-order valence-electron chi connectivity index (χ4n) is 3.58. The average Bonchev–Trinajstić information content (AvgIpc) is 3.17. The highest BCUT2D eigenvalue weighted by molar-refractivity contribution is 5.94. The summed E-state index contributed by atoms with van der Waals surface area (Å²) < 4.78 is 5.16. The summed E-state index contributed by atoms with van der Waals surface area (Å²) in [5.41, 5.74) is 3.34. The third kappa shape index (κ3) is 5.37. The van der Waals surface area contributed by atoms with Gasteiger partial charge in [0.2, 0.25) is 5.91 Å². The second-order valence-electron chi connectivity index (χ2n) is 7.41. The molecule has 2 aromatic rings. The van der Waals surface area contributed by atoms with Gasteiger partial charge in [-0.15, -0.1) is 0 Å². The predicted molar refractivity (Wildman–Crippen MR) is 111 cm³/mol. The molecule has 0 bridgehead atoms. The zero-order chi connectivity index (χ0) is 20.6. The van der Waals surface area contributed by atoms with Crippen LogP contribution >= 0.6 is 0 Å². The first-order valence-corrected chi connectivity index (χ1v) is 10.4. The summed E-state index contributed by atoms with van der Waals surface area (Å²) in [5.74, 6) is 0.780. The Bertz CT molecular complexity index is 829. The number of H-pyrrole nitrogens is 1. The smallest absolute Gasteiger partial charge is 0.272 e. The fourth-order valence-corrected chi connectivity index (χ4v) is 3.58. The Morgan fingerprint density at radius 2 is 2.03 bits per heavy atom. The van der Waals surface area contributed by atoms with E-state index in [-0.39, 0.29) is 11.8 Å². The molecule has 1 aliphatic rings. The minimum atomic E-state index is -0.198. The highest BCUT2D eigenvalue weighted by atomic mass is 16.5. The molecule has 29 heavy (non-hydrogen) atoms. The number of hydrogen-bond donors (Lipinski definition) is 2. The lowest BCUT2D eigenvalue weighted by Crippen LogP contribution is -2.37. The van der Waals surface area contributed by atoms with Gasteiger partial charge in [-0.2, -0.15) is 5.10 Å². The van der Waals surface area contributed by atoms with Crippen LogP contribution in [0.25, 0.3) is 0 Å². The summed E-state index contributed by atoms with van der Waals surface area (Å²) in [7, 11) is 1.64. The van der Waals surface area contributed by atoms with Crippen molar-refractivity contribution in [2.75, 3.05) is 20.2 Å². The number of nitrogens with zero attached hydrogens (tertiary/aromatic N) is 2. The molecule has 156 valence electrons. The Morgan fingerprint density at radius 3 is 2.76 bits per heavy atom. The van der Waals surface area contributed by atoms with E-state index in [0.29, 0.717) is 38.2 Å². The van der Waals surface area contributed by atoms with Crippen LogP contribution in [0.3, 0.4) is 0 Å². The molecular weight excluding hydrogens is 368 g/mol. The van der Waals surface area contributed by atoms with Gasteiger partial charge in [-0.05, 0) is 30.5 Å². The van der Waals surface area contributed by atoms with Gasteiger partial charge in [0, 0.05) is 43.7 Å². The summed E-state index contributed by atoms with van der Waals surface area (Å²) in [4.78, 5) is 26.9. The van der Waals surface area contributed by atoms with Crippen molar-refractivity contribution >= 4 is 11.8 Å². The number of carbonyl (C=O) groups is 2. The minimum absolute atomic E-state index is 0.163. The maximum absolute atomic E-state index is 12.6. The lowest BCUT2D eigenvalue weighted by Gasteiger charge is -2.27. The molecule has 0 spiro atoms. The fraction of sp³-hybridized carbons (Fsp3) is 0.500. The molecule has 7 nitrogen and oxygen atoms in total. The van der Waals surface area contributed by atoms with Gasteiger partial charge < -0.3 is 15.0 Å². The normalized spacial score (nSPS) is 13.1. The van der Waals surface area contributed by atoms with Gasteiger partial charge in [0.05, 0.1) is 7.11 Å². The molecule has 0 saturated carbocycles. The molecule has 2 heterocycles. The number of benzene rings is 1. The van der Waals surface area contributed by atoms with Crippen molar-refractivity contribution in [3.63, 3.8) is 0 Å². The Labute approximate surface area is 171 Å². The molecule has 1 aromatic heterocycles. The van der Waals surface area contributed by atoms with Gasteiger partial charge in [0.25, 0.3) is 5.91 Å². The Morgan fingerprint density at radius 1 is 1.24 bits per heavy atom. The second kappa shape index (κ2) is 10.1. The van der Waals surface area contributed by atoms with Crippen LogP contribution in [-0.4, -0.2) is 47.1 Å². The topological polar surface area (TPSA) is 87.3 Å². The number of rotatable bonds is 9. The molecule has 0 radical (unpaired) electrons. The van der Waals surface area contributed by atoms with Crippen LogP contribution in [0.1, 0.15) is 59.9 Å². The number of methoxy groups -OCH3 is 1. The predicted octanol–water partition coefficient (Wildman–Crippen LogP) is 2.86. The summed E-state index contributed by atoms with van der Waals surface area (Å²) in [6.07, 6.45) is 5.09. The first-order chi connectivity index (χ1) is 14.1. The van der Waals surface area contributed by atoms with E-state index in [1.54, 1.807) is 7.11 Å². The molecule has 2 N–H and O–H groups in total. The van der Waals surface area contributed by atoms with Crippen molar-refractivity contribution in [3.05, 3.63) is 46.8 Å². The van der Waals surface area contributed by atoms with Crippen molar-refractivity contribution in [1.82, 2.24) is 20.4 Å². The van der Waals surface area contributed by atoms with E-state index in [1.807, 2.05) is 29.2 Å². The molecule has 3 rings (SSSR count). The molecular formula is C22H30N4O3. The maximum Gasteiger partial charge on any atom is 0.272 e. The van der Waals surface area contributed by atoms with Crippen molar-refractivity contribution < 1.29 is 14.3 Å². The van der Waals surface area contributed by atoms with Crippen molar-refractivity contribution in [2.24, 2.45) is 0 Å². The van der Waals surface area contributed by atoms with Crippen LogP contribution in [-0.2, 0) is 24.2 Å². The van der Waals surface area contributed by atoms with Gasteiger partial charge in [-0.25, -0.2) is 0 Å². The Kier molecular flexibility index (Phi) is 7.27. The van der Waals surface area contributed by atoms with Gasteiger partial charge in [0.1, 0.15) is 5.75 Å². The van der Waals surface area contributed by atoms with Gasteiger partial charge in [0.15, 0.2) is 5.69 Å². The minimum Gasteiger partial charge on any atom is -0.497 e. The second-order valence-corrected chi connectivity index (χ2v) is 7.41. The molecule has 0 saturated heterocycles.